The topological polar surface area (TPSA) is 49.8 Å². The van der Waals surface area contributed by atoms with Crippen molar-refractivity contribution in [3.63, 3.8) is 0 Å². The Morgan fingerprint density at radius 3 is 3.00 bits per heavy atom. The molecule has 0 unspecified atom stereocenters. The molecule has 0 radical (unpaired) electrons. The molecule has 2 rings (SSSR count). The number of halogens is 1. The summed E-state index contributed by atoms with van der Waals surface area (Å²) in [4.78, 5) is 0. The van der Waals surface area contributed by atoms with Gasteiger partial charge in [-0.2, -0.15) is 5.26 Å². The first kappa shape index (κ1) is 8.36. The highest BCUT2D eigenvalue weighted by molar-refractivity contribution is 7.18. The molecule has 1 aromatic carbocycles. The molecule has 2 aromatic rings. The van der Waals surface area contributed by atoms with Crippen LogP contribution in [-0.4, -0.2) is 0 Å². The van der Waals surface area contributed by atoms with Crippen LogP contribution >= 0.6 is 22.9 Å². The Bertz CT molecular complexity index is 510. The third-order valence-corrected chi connectivity index (χ3v) is 3.11. The van der Waals surface area contributed by atoms with Crippen LogP contribution in [0.2, 0.25) is 5.02 Å². The average molecular weight is 209 g/mol. The molecule has 1 heterocycles. The van der Waals surface area contributed by atoms with Crippen LogP contribution in [0, 0.1) is 11.3 Å². The van der Waals surface area contributed by atoms with Crippen molar-refractivity contribution < 1.29 is 0 Å². The zero-order valence-corrected chi connectivity index (χ0v) is 8.12. The van der Waals surface area contributed by atoms with E-state index in [2.05, 4.69) is 6.07 Å². The van der Waals surface area contributed by atoms with Crippen LogP contribution in [0.4, 0.5) is 5.69 Å². The molecule has 64 valence electrons. The number of nitriles is 1. The van der Waals surface area contributed by atoms with Crippen LogP contribution in [-0.2, 0) is 0 Å². The van der Waals surface area contributed by atoms with Gasteiger partial charge in [0, 0.05) is 5.39 Å². The lowest BCUT2D eigenvalue weighted by Crippen LogP contribution is -1.88. The van der Waals surface area contributed by atoms with Crippen molar-refractivity contribution in [2.45, 2.75) is 0 Å². The van der Waals surface area contributed by atoms with Crippen molar-refractivity contribution in [3.05, 3.63) is 28.1 Å². The number of anilines is 1. The molecule has 2 N–H and O–H groups in total. The maximum atomic E-state index is 8.82. The van der Waals surface area contributed by atoms with Gasteiger partial charge < -0.3 is 5.73 Å². The fourth-order valence-corrected chi connectivity index (χ4v) is 2.35. The largest absolute Gasteiger partial charge is 0.396 e. The molecule has 0 saturated carbocycles. The van der Waals surface area contributed by atoms with Gasteiger partial charge in [0.15, 0.2) is 0 Å². The van der Waals surface area contributed by atoms with Crippen molar-refractivity contribution in [1.82, 2.24) is 0 Å². The summed E-state index contributed by atoms with van der Waals surface area (Å²) in [5.74, 6) is 0. The van der Waals surface area contributed by atoms with Gasteiger partial charge in [-0.15, -0.1) is 11.3 Å². The maximum Gasteiger partial charge on any atom is 0.0999 e. The molecule has 0 aliphatic heterocycles. The van der Waals surface area contributed by atoms with Gasteiger partial charge in [0.1, 0.15) is 0 Å². The summed E-state index contributed by atoms with van der Waals surface area (Å²) in [6, 6.07) is 5.57. The quantitative estimate of drug-likeness (QED) is 0.677. The van der Waals surface area contributed by atoms with Crippen LogP contribution in [0.15, 0.2) is 17.5 Å². The van der Waals surface area contributed by atoms with Gasteiger partial charge >= 0.3 is 0 Å². The summed E-state index contributed by atoms with van der Waals surface area (Å²) < 4.78 is 0.893. The molecular weight excluding hydrogens is 204 g/mol. The Labute approximate surface area is 84.2 Å². The number of fused-ring (bicyclic) bond motifs is 1. The highest BCUT2D eigenvalue weighted by Gasteiger charge is 2.08. The van der Waals surface area contributed by atoms with E-state index in [1.807, 2.05) is 11.4 Å². The highest BCUT2D eigenvalue weighted by Crippen LogP contribution is 2.34. The number of benzene rings is 1. The lowest BCUT2D eigenvalue weighted by molar-refractivity contribution is 1.51. The number of nitrogens with two attached hydrogens (primary N) is 1. The zero-order valence-electron chi connectivity index (χ0n) is 6.54. The molecule has 1 aromatic heterocycles. The second kappa shape index (κ2) is 2.91. The van der Waals surface area contributed by atoms with Gasteiger partial charge in [0.05, 0.1) is 27.0 Å². The van der Waals surface area contributed by atoms with E-state index in [1.54, 1.807) is 6.07 Å². The minimum atomic E-state index is 0.450. The minimum Gasteiger partial charge on any atom is -0.396 e. The van der Waals surface area contributed by atoms with Gasteiger partial charge in [-0.05, 0) is 17.5 Å². The van der Waals surface area contributed by atoms with Crippen LogP contribution in [0.1, 0.15) is 5.56 Å². The second-order valence-electron chi connectivity index (χ2n) is 2.59. The number of hydrogen-bond donors (Lipinski definition) is 1. The summed E-state index contributed by atoms with van der Waals surface area (Å²) in [7, 11) is 0. The molecule has 0 saturated heterocycles. The molecule has 0 fully saturated rings. The third kappa shape index (κ3) is 1.15. The van der Waals surface area contributed by atoms with E-state index < -0.39 is 0 Å². The normalized spacial score (nSPS) is 10.2. The van der Waals surface area contributed by atoms with Gasteiger partial charge in [-0.25, -0.2) is 0 Å². The predicted molar refractivity (Wildman–Crippen MR) is 56.0 cm³/mol. The molecule has 0 aliphatic carbocycles. The van der Waals surface area contributed by atoms with Gasteiger partial charge in [0.25, 0.3) is 0 Å². The monoisotopic (exact) mass is 208 g/mol. The molecule has 0 spiro atoms. The van der Waals surface area contributed by atoms with E-state index in [9.17, 15) is 0 Å². The fraction of sp³-hybridized carbons (Fsp3) is 0. The van der Waals surface area contributed by atoms with E-state index in [4.69, 9.17) is 22.6 Å². The Balaban J connectivity index is 2.97. The van der Waals surface area contributed by atoms with Crippen molar-refractivity contribution in [2.24, 2.45) is 0 Å². The number of hydrogen-bond acceptors (Lipinski definition) is 3. The molecular formula is C9H5ClN2S. The third-order valence-electron chi connectivity index (χ3n) is 1.85. The van der Waals surface area contributed by atoms with E-state index in [0.29, 0.717) is 16.3 Å². The smallest absolute Gasteiger partial charge is 0.0999 e. The molecule has 0 aliphatic rings. The fourth-order valence-electron chi connectivity index (χ4n) is 1.21. The summed E-state index contributed by atoms with van der Waals surface area (Å²) in [6.07, 6.45) is 0. The summed E-state index contributed by atoms with van der Waals surface area (Å²) in [5.41, 5.74) is 6.90. The second-order valence-corrected chi connectivity index (χ2v) is 3.92. The average Bonchev–Trinajstić information content (AvgIpc) is 2.60. The van der Waals surface area contributed by atoms with E-state index in [1.165, 1.54) is 11.3 Å². The molecule has 0 bridgehead atoms. The van der Waals surface area contributed by atoms with Crippen molar-refractivity contribution in [2.75, 3.05) is 5.73 Å². The maximum absolute atomic E-state index is 8.82. The molecule has 0 amide bonds. The van der Waals surface area contributed by atoms with E-state index >= 15 is 0 Å². The summed E-state index contributed by atoms with van der Waals surface area (Å²) >= 11 is 7.36. The van der Waals surface area contributed by atoms with Crippen molar-refractivity contribution in [1.29, 1.82) is 5.26 Å². The van der Waals surface area contributed by atoms with Gasteiger partial charge in [-0.1, -0.05) is 11.6 Å². The molecule has 13 heavy (non-hydrogen) atoms. The van der Waals surface area contributed by atoms with Gasteiger partial charge in [0.2, 0.25) is 0 Å². The SMILES string of the molecule is N#Cc1cc(Cl)c(N)c2sccc12. The standard InChI is InChI=1S/C9H5ClN2S/c10-7-3-5(4-11)6-1-2-13-9(6)8(7)12/h1-3H,12H2. The number of thiophene rings is 1. The molecule has 2 nitrogen and oxygen atoms in total. The Hall–Kier alpha value is -1.24. The first-order valence-corrected chi connectivity index (χ1v) is 4.85. The molecule has 0 atom stereocenters. The van der Waals surface area contributed by atoms with E-state index in [0.717, 1.165) is 10.1 Å². The minimum absolute atomic E-state index is 0.450. The van der Waals surface area contributed by atoms with Crippen LogP contribution < -0.4 is 5.73 Å². The Morgan fingerprint density at radius 1 is 1.54 bits per heavy atom. The van der Waals surface area contributed by atoms with Crippen LogP contribution in [0.5, 0.6) is 0 Å². The van der Waals surface area contributed by atoms with Gasteiger partial charge in [-0.3, -0.25) is 0 Å². The lowest BCUT2D eigenvalue weighted by atomic mass is 10.1. The van der Waals surface area contributed by atoms with Crippen molar-refractivity contribution in [3.8, 4) is 6.07 Å². The Morgan fingerprint density at radius 2 is 2.31 bits per heavy atom. The predicted octanol–water partition coefficient (Wildman–Crippen LogP) is 3.01. The Kier molecular flexibility index (Phi) is 1.87. The zero-order chi connectivity index (χ0) is 9.42. The summed E-state index contributed by atoms with van der Waals surface area (Å²) in [5, 5.41) is 12.1. The van der Waals surface area contributed by atoms with Crippen LogP contribution in [0.3, 0.4) is 0 Å². The van der Waals surface area contributed by atoms with E-state index in [-0.39, 0.29) is 0 Å². The highest BCUT2D eigenvalue weighted by atomic mass is 35.5. The first-order valence-electron chi connectivity index (χ1n) is 3.59. The van der Waals surface area contributed by atoms with Crippen LogP contribution in [0.25, 0.3) is 10.1 Å². The first-order chi connectivity index (χ1) is 6.24. The summed E-state index contributed by atoms with van der Waals surface area (Å²) in [6.45, 7) is 0. The number of nitrogen functional groups attached to an aromatic ring is 1. The lowest BCUT2D eigenvalue weighted by Gasteiger charge is -2.00. The molecule has 4 heteroatoms. The number of nitrogens with zero attached hydrogens (tertiary/aromatic N) is 1. The number of rotatable bonds is 0. The van der Waals surface area contributed by atoms with Crippen molar-refractivity contribution >= 4 is 38.7 Å².